The molecule has 1 N–H and O–H groups in total. The van der Waals surface area contributed by atoms with Gasteiger partial charge in [-0.25, -0.2) is 0 Å². The number of piperidine rings is 3. The molecule has 34 heavy (non-hydrogen) atoms. The molecule has 5 rings (SSSR count). The normalized spacial score (nSPS) is 26.5. The van der Waals surface area contributed by atoms with E-state index in [1.165, 1.54) is 38.8 Å². The molecule has 3 aliphatic heterocycles. The van der Waals surface area contributed by atoms with Crippen molar-refractivity contribution in [3.63, 3.8) is 0 Å². The fraction of sp³-hybridized carbons (Fsp3) is 0.517. The highest BCUT2D eigenvalue weighted by Crippen LogP contribution is 2.43. The Balaban J connectivity index is 1.26. The van der Waals surface area contributed by atoms with Crippen molar-refractivity contribution in [2.24, 2.45) is 11.8 Å². The molecule has 0 saturated carbocycles. The van der Waals surface area contributed by atoms with Gasteiger partial charge in [-0.2, -0.15) is 0 Å². The van der Waals surface area contributed by atoms with Crippen molar-refractivity contribution < 1.29 is 9.59 Å². The van der Waals surface area contributed by atoms with Crippen molar-refractivity contribution in [3.8, 4) is 0 Å². The minimum atomic E-state index is 0.0985. The van der Waals surface area contributed by atoms with Crippen LogP contribution in [0.5, 0.6) is 0 Å². The molecule has 0 radical (unpaired) electrons. The van der Waals surface area contributed by atoms with E-state index in [9.17, 15) is 9.59 Å². The second kappa shape index (κ2) is 10.7. The molecule has 180 valence electrons. The molecule has 4 atom stereocenters. The summed E-state index contributed by atoms with van der Waals surface area (Å²) in [6.07, 6.45) is 7.12. The van der Waals surface area contributed by atoms with E-state index < -0.39 is 0 Å². The van der Waals surface area contributed by atoms with Crippen LogP contribution in [0.2, 0.25) is 0 Å². The number of hydrogen-bond acceptors (Lipinski definition) is 3. The van der Waals surface area contributed by atoms with E-state index in [1.54, 1.807) is 0 Å². The fourth-order valence-electron chi connectivity index (χ4n) is 6.70. The Kier molecular flexibility index (Phi) is 7.29. The molecule has 3 aliphatic rings. The highest BCUT2D eigenvalue weighted by molar-refractivity contribution is 5.94. The predicted octanol–water partition coefficient (Wildman–Crippen LogP) is 4.49. The first-order valence-corrected chi connectivity index (χ1v) is 13.1. The summed E-state index contributed by atoms with van der Waals surface area (Å²) in [6.45, 7) is 3.84. The number of benzene rings is 2. The maximum Gasteiger partial charge on any atom is 0.254 e. The molecule has 2 aromatic carbocycles. The van der Waals surface area contributed by atoms with Crippen molar-refractivity contribution in [1.29, 1.82) is 0 Å². The van der Waals surface area contributed by atoms with Gasteiger partial charge in [-0.15, -0.1) is 0 Å². The molecule has 0 bridgehead atoms. The lowest BCUT2D eigenvalue weighted by Gasteiger charge is -2.57. The third kappa shape index (κ3) is 5.05. The van der Waals surface area contributed by atoms with Gasteiger partial charge in [-0.1, -0.05) is 48.5 Å². The Bertz CT molecular complexity index is 962. The zero-order valence-corrected chi connectivity index (χ0v) is 20.1. The van der Waals surface area contributed by atoms with Gasteiger partial charge >= 0.3 is 0 Å². The number of amides is 2. The molecule has 3 saturated heterocycles. The van der Waals surface area contributed by atoms with E-state index in [2.05, 4.69) is 15.1 Å². The van der Waals surface area contributed by atoms with Crippen LogP contribution in [0.4, 0.5) is 0 Å². The average molecular weight is 460 g/mol. The Morgan fingerprint density at radius 3 is 2.38 bits per heavy atom. The topological polar surface area (TPSA) is 52.7 Å². The number of rotatable bonds is 7. The van der Waals surface area contributed by atoms with Gasteiger partial charge in [-0.05, 0) is 81.1 Å². The number of hydrogen-bond donors (Lipinski definition) is 1. The first-order valence-electron chi connectivity index (χ1n) is 13.1. The van der Waals surface area contributed by atoms with Crippen LogP contribution in [-0.2, 0) is 11.3 Å². The smallest absolute Gasteiger partial charge is 0.254 e. The standard InChI is InChI=1S/C29H37N3O2/c33-27(30-20-22-10-3-1-4-11-22)17-7-16-26-25-15-9-19-31-18-8-14-24(28(25)31)21-32(26)29(34)23-12-5-2-6-13-23/h1-6,10-13,24-26,28H,7-9,14-21H2,(H,30,33)/t24-,25+,26+,28-/m0/s1. The van der Waals surface area contributed by atoms with Gasteiger partial charge in [-0.3, -0.25) is 14.5 Å². The van der Waals surface area contributed by atoms with Crippen LogP contribution >= 0.6 is 0 Å². The van der Waals surface area contributed by atoms with Crippen LogP contribution in [0.3, 0.4) is 0 Å². The molecule has 5 nitrogen and oxygen atoms in total. The number of nitrogens with one attached hydrogen (secondary N) is 1. The molecule has 2 aromatic rings. The van der Waals surface area contributed by atoms with E-state index in [4.69, 9.17) is 0 Å². The zero-order valence-electron chi connectivity index (χ0n) is 20.1. The molecule has 0 aromatic heterocycles. The van der Waals surface area contributed by atoms with Gasteiger partial charge in [0.15, 0.2) is 0 Å². The van der Waals surface area contributed by atoms with Crippen LogP contribution < -0.4 is 5.32 Å². The summed E-state index contributed by atoms with van der Waals surface area (Å²) in [6, 6.07) is 20.6. The third-order valence-corrected chi connectivity index (χ3v) is 8.19. The lowest BCUT2D eigenvalue weighted by atomic mass is 9.69. The second-order valence-electron chi connectivity index (χ2n) is 10.3. The average Bonchev–Trinajstić information content (AvgIpc) is 2.89. The molecular weight excluding hydrogens is 422 g/mol. The SMILES string of the molecule is O=C(CCC[C@@H]1[C@H]2CCCN3CCC[C@@H](CN1C(=O)c1ccccc1)[C@@H]23)NCc1ccccc1. The summed E-state index contributed by atoms with van der Waals surface area (Å²) >= 11 is 0. The molecule has 0 unspecified atom stereocenters. The minimum Gasteiger partial charge on any atom is -0.352 e. The summed E-state index contributed by atoms with van der Waals surface area (Å²) in [5.41, 5.74) is 1.91. The molecule has 3 heterocycles. The molecular formula is C29H37N3O2. The van der Waals surface area contributed by atoms with E-state index in [-0.39, 0.29) is 17.9 Å². The highest BCUT2D eigenvalue weighted by atomic mass is 16.2. The van der Waals surface area contributed by atoms with E-state index >= 15 is 0 Å². The second-order valence-corrected chi connectivity index (χ2v) is 10.3. The van der Waals surface area contributed by atoms with Gasteiger partial charge in [0, 0.05) is 37.2 Å². The molecule has 2 amide bonds. The molecule has 3 fully saturated rings. The Labute approximate surface area is 203 Å². The van der Waals surface area contributed by atoms with Crippen molar-refractivity contribution >= 4 is 11.8 Å². The maximum absolute atomic E-state index is 13.6. The quantitative estimate of drug-likeness (QED) is 0.664. The Hall–Kier alpha value is -2.66. The summed E-state index contributed by atoms with van der Waals surface area (Å²) in [5, 5.41) is 3.06. The lowest BCUT2D eigenvalue weighted by Crippen LogP contribution is -2.65. The summed E-state index contributed by atoms with van der Waals surface area (Å²) < 4.78 is 0. The highest BCUT2D eigenvalue weighted by Gasteiger charge is 2.49. The van der Waals surface area contributed by atoms with E-state index in [1.807, 2.05) is 60.7 Å². The van der Waals surface area contributed by atoms with Crippen LogP contribution in [0.25, 0.3) is 0 Å². The predicted molar refractivity (Wildman–Crippen MR) is 134 cm³/mol. The number of likely N-dealkylation sites (tertiary alicyclic amines) is 1. The van der Waals surface area contributed by atoms with Gasteiger partial charge in [0.2, 0.25) is 5.91 Å². The summed E-state index contributed by atoms with van der Waals surface area (Å²) in [4.78, 5) is 31.1. The minimum absolute atomic E-state index is 0.0985. The first-order chi connectivity index (χ1) is 16.7. The van der Waals surface area contributed by atoms with Crippen LogP contribution in [-0.4, -0.2) is 53.3 Å². The number of carbonyl (C=O) groups is 2. The van der Waals surface area contributed by atoms with Crippen molar-refractivity contribution in [3.05, 3.63) is 71.8 Å². The van der Waals surface area contributed by atoms with E-state index in [0.717, 1.165) is 30.5 Å². The van der Waals surface area contributed by atoms with Crippen molar-refractivity contribution in [2.45, 2.75) is 63.6 Å². The number of carbonyl (C=O) groups excluding carboxylic acids is 2. The Morgan fingerprint density at radius 1 is 0.912 bits per heavy atom. The maximum atomic E-state index is 13.6. The monoisotopic (exact) mass is 459 g/mol. The molecule has 0 aliphatic carbocycles. The number of nitrogens with zero attached hydrogens (tertiary/aromatic N) is 2. The van der Waals surface area contributed by atoms with Gasteiger partial charge < -0.3 is 10.2 Å². The van der Waals surface area contributed by atoms with Crippen molar-refractivity contribution in [1.82, 2.24) is 15.1 Å². The van der Waals surface area contributed by atoms with Gasteiger partial charge in [0.1, 0.15) is 0 Å². The molecule has 0 spiro atoms. The third-order valence-electron chi connectivity index (χ3n) is 8.19. The Morgan fingerprint density at radius 2 is 1.62 bits per heavy atom. The van der Waals surface area contributed by atoms with Crippen molar-refractivity contribution in [2.75, 3.05) is 19.6 Å². The molecule has 5 heteroatoms. The van der Waals surface area contributed by atoms with Crippen LogP contribution in [0, 0.1) is 11.8 Å². The van der Waals surface area contributed by atoms with Gasteiger partial charge in [0.05, 0.1) is 0 Å². The van der Waals surface area contributed by atoms with E-state index in [0.29, 0.717) is 30.8 Å². The summed E-state index contributed by atoms with van der Waals surface area (Å²) in [7, 11) is 0. The first kappa shape index (κ1) is 23.1. The van der Waals surface area contributed by atoms with Crippen LogP contribution in [0.1, 0.15) is 60.9 Å². The summed E-state index contributed by atoms with van der Waals surface area (Å²) in [5.74, 6) is 1.37. The fourth-order valence-corrected chi connectivity index (χ4v) is 6.70. The largest absolute Gasteiger partial charge is 0.352 e. The van der Waals surface area contributed by atoms with Gasteiger partial charge in [0.25, 0.3) is 5.91 Å². The zero-order chi connectivity index (χ0) is 23.3. The lowest BCUT2D eigenvalue weighted by molar-refractivity contribution is -0.121. The van der Waals surface area contributed by atoms with Crippen LogP contribution in [0.15, 0.2) is 60.7 Å².